The molecule has 0 spiro atoms. The minimum atomic E-state index is 0.379. The number of likely N-dealkylation sites (N-methyl/N-ethyl adjacent to an activating group) is 1. The van der Waals surface area contributed by atoms with Crippen molar-refractivity contribution in [2.75, 3.05) is 14.1 Å². The first-order chi connectivity index (χ1) is 10.2. The number of benzene rings is 1. The van der Waals surface area contributed by atoms with Gasteiger partial charge < -0.3 is 4.90 Å². The molecule has 1 atom stereocenters. The summed E-state index contributed by atoms with van der Waals surface area (Å²) in [4.78, 5) is 3.13. The van der Waals surface area contributed by atoms with E-state index in [1.807, 2.05) is 20.2 Å². The van der Waals surface area contributed by atoms with E-state index in [-0.39, 0.29) is 0 Å². The van der Waals surface area contributed by atoms with Crippen LogP contribution in [-0.4, -0.2) is 24.0 Å². The molecule has 0 saturated carbocycles. The Morgan fingerprint density at radius 3 is 2.33 bits per heavy atom. The van der Waals surface area contributed by atoms with Gasteiger partial charge >= 0.3 is 0 Å². The summed E-state index contributed by atoms with van der Waals surface area (Å²) in [5.74, 6) is 0.379. The largest absolute Gasteiger partial charge is 0.372 e. The Hall–Kier alpha value is -1.15. The molecule has 0 N–H and O–H groups in total. The maximum absolute atomic E-state index is 5.63. The fraction of sp³-hybridized carbons (Fsp3) is 0.526. The van der Waals surface area contributed by atoms with E-state index in [1.165, 1.54) is 37.7 Å². The van der Waals surface area contributed by atoms with E-state index in [1.54, 1.807) is 0 Å². The van der Waals surface area contributed by atoms with Crippen molar-refractivity contribution in [1.29, 1.82) is 0 Å². The van der Waals surface area contributed by atoms with Gasteiger partial charge in [0.15, 0.2) is 0 Å². The molecule has 0 saturated heterocycles. The highest BCUT2D eigenvalue weighted by Crippen LogP contribution is 2.25. The Kier molecular flexibility index (Phi) is 9.00. The van der Waals surface area contributed by atoms with Crippen molar-refractivity contribution in [3.63, 3.8) is 0 Å². The molecule has 1 nitrogen and oxygen atoms in total. The summed E-state index contributed by atoms with van der Waals surface area (Å²) in [5, 5.41) is 0. The van der Waals surface area contributed by atoms with Crippen LogP contribution in [0.15, 0.2) is 43.0 Å². The van der Waals surface area contributed by atoms with Gasteiger partial charge in [-0.3, -0.25) is 0 Å². The highest BCUT2D eigenvalue weighted by molar-refractivity contribution is 7.80. The fourth-order valence-electron chi connectivity index (χ4n) is 2.60. The van der Waals surface area contributed by atoms with Gasteiger partial charge in [-0.15, -0.1) is 6.58 Å². The smallest absolute Gasteiger partial charge is 0.0849 e. The molecule has 1 unspecified atom stereocenters. The second-order valence-corrected chi connectivity index (χ2v) is 6.25. The van der Waals surface area contributed by atoms with E-state index in [0.29, 0.717) is 5.92 Å². The van der Waals surface area contributed by atoms with Crippen molar-refractivity contribution >= 4 is 17.2 Å². The van der Waals surface area contributed by atoms with Crippen LogP contribution in [-0.2, 0) is 0 Å². The summed E-state index contributed by atoms with van der Waals surface area (Å²) >= 11 is 5.63. The highest BCUT2D eigenvalue weighted by Gasteiger charge is 2.17. The highest BCUT2D eigenvalue weighted by atomic mass is 32.1. The molecular formula is C19H29NS. The number of unbranched alkanes of at least 4 members (excludes halogenated alkanes) is 5. The minimum Gasteiger partial charge on any atom is -0.372 e. The molecule has 116 valence electrons. The number of rotatable bonds is 10. The molecule has 0 bridgehead atoms. The lowest BCUT2D eigenvalue weighted by molar-refractivity contribution is 0.552. The lowest BCUT2D eigenvalue weighted by Gasteiger charge is -2.24. The van der Waals surface area contributed by atoms with Crippen LogP contribution in [0.2, 0.25) is 0 Å². The molecule has 0 amide bonds. The third kappa shape index (κ3) is 6.90. The zero-order chi connectivity index (χ0) is 15.5. The topological polar surface area (TPSA) is 3.24 Å². The fourth-order valence-corrected chi connectivity index (χ4v) is 2.85. The maximum atomic E-state index is 5.63. The lowest BCUT2D eigenvalue weighted by atomic mass is 9.92. The number of allylic oxidation sites excluding steroid dienone is 1. The van der Waals surface area contributed by atoms with E-state index in [4.69, 9.17) is 12.2 Å². The van der Waals surface area contributed by atoms with Crippen LogP contribution < -0.4 is 0 Å². The van der Waals surface area contributed by atoms with Gasteiger partial charge in [-0.05, 0) is 24.8 Å². The monoisotopic (exact) mass is 303 g/mol. The van der Waals surface area contributed by atoms with Gasteiger partial charge in [-0.1, -0.05) is 74.3 Å². The van der Waals surface area contributed by atoms with Gasteiger partial charge in [0, 0.05) is 20.0 Å². The number of hydrogen-bond acceptors (Lipinski definition) is 1. The average molecular weight is 304 g/mol. The summed E-state index contributed by atoms with van der Waals surface area (Å²) in [5.41, 5.74) is 1.35. The molecule has 2 heteroatoms. The van der Waals surface area contributed by atoms with Crippen LogP contribution in [0.4, 0.5) is 0 Å². The first-order valence-corrected chi connectivity index (χ1v) is 8.44. The quantitative estimate of drug-likeness (QED) is 0.315. The van der Waals surface area contributed by atoms with Gasteiger partial charge in [-0.25, -0.2) is 0 Å². The summed E-state index contributed by atoms with van der Waals surface area (Å²) in [6.07, 6.45) is 10.8. The van der Waals surface area contributed by atoms with Gasteiger partial charge in [0.25, 0.3) is 0 Å². The van der Waals surface area contributed by atoms with Gasteiger partial charge in [0.05, 0.1) is 4.99 Å². The molecule has 0 aliphatic carbocycles. The first-order valence-electron chi connectivity index (χ1n) is 8.03. The molecule has 0 heterocycles. The summed E-state index contributed by atoms with van der Waals surface area (Å²) in [6, 6.07) is 10.7. The molecule has 0 aromatic heterocycles. The predicted octanol–water partition coefficient (Wildman–Crippen LogP) is 5.58. The minimum absolute atomic E-state index is 0.379. The van der Waals surface area contributed by atoms with Gasteiger partial charge in [-0.2, -0.15) is 0 Å². The average Bonchev–Trinajstić information content (AvgIpc) is 2.50. The first kappa shape index (κ1) is 17.9. The number of nitrogens with zero attached hydrogens (tertiary/aromatic N) is 1. The van der Waals surface area contributed by atoms with Crippen molar-refractivity contribution in [3.8, 4) is 0 Å². The third-order valence-corrected chi connectivity index (χ3v) is 4.49. The second kappa shape index (κ2) is 10.6. The van der Waals surface area contributed by atoms with Crippen LogP contribution in [0.3, 0.4) is 0 Å². The predicted molar refractivity (Wildman–Crippen MR) is 98.0 cm³/mol. The zero-order valence-corrected chi connectivity index (χ0v) is 14.4. The molecule has 0 aliphatic rings. The molecule has 0 radical (unpaired) electrons. The van der Waals surface area contributed by atoms with E-state index in [2.05, 4.69) is 41.8 Å². The summed E-state index contributed by atoms with van der Waals surface area (Å²) in [6.45, 7) is 3.77. The van der Waals surface area contributed by atoms with Crippen LogP contribution >= 0.6 is 12.2 Å². The summed E-state index contributed by atoms with van der Waals surface area (Å²) < 4.78 is 0. The van der Waals surface area contributed by atoms with E-state index in [9.17, 15) is 0 Å². The Bertz CT molecular complexity index is 411. The van der Waals surface area contributed by atoms with Crippen molar-refractivity contribution < 1.29 is 0 Å². The molecule has 1 aromatic rings. The normalized spacial score (nSPS) is 11.9. The maximum Gasteiger partial charge on any atom is 0.0849 e. The van der Waals surface area contributed by atoms with Crippen molar-refractivity contribution in [3.05, 3.63) is 48.6 Å². The van der Waals surface area contributed by atoms with Crippen LogP contribution in [0, 0.1) is 0 Å². The number of thiocarbonyl (C=S) groups is 1. The van der Waals surface area contributed by atoms with Crippen molar-refractivity contribution in [2.45, 2.75) is 50.9 Å². The zero-order valence-electron chi connectivity index (χ0n) is 13.6. The van der Waals surface area contributed by atoms with Crippen molar-refractivity contribution in [2.24, 2.45) is 0 Å². The third-order valence-electron chi connectivity index (χ3n) is 3.84. The van der Waals surface area contributed by atoms with Gasteiger partial charge in [0.1, 0.15) is 0 Å². The molecular weight excluding hydrogens is 274 g/mol. The molecule has 21 heavy (non-hydrogen) atoms. The Labute approximate surface area is 136 Å². The SMILES string of the molecule is C=CCCCCCCCC(C(=S)N(C)C)c1ccccc1. The van der Waals surface area contributed by atoms with Crippen LogP contribution in [0.25, 0.3) is 0 Å². The standard InChI is InChI=1S/C19H29NS/c1-4-5-6-7-8-9-13-16-18(19(21)20(2)3)17-14-11-10-12-15-17/h4,10-12,14-15,18H,1,5-9,13,16H2,2-3H3. The molecule has 1 rings (SSSR count). The van der Waals surface area contributed by atoms with Gasteiger partial charge in [0.2, 0.25) is 0 Å². The van der Waals surface area contributed by atoms with E-state index < -0.39 is 0 Å². The molecule has 0 fully saturated rings. The van der Waals surface area contributed by atoms with Crippen LogP contribution in [0.5, 0.6) is 0 Å². The Morgan fingerprint density at radius 1 is 1.10 bits per heavy atom. The molecule has 0 aliphatic heterocycles. The Balaban J connectivity index is 2.44. The Morgan fingerprint density at radius 2 is 1.71 bits per heavy atom. The second-order valence-electron chi connectivity index (χ2n) is 5.83. The molecule has 1 aromatic carbocycles. The lowest BCUT2D eigenvalue weighted by Crippen LogP contribution is -2.26. The van der Waals surface area contributed by atoms with Crippen molar-refractivity contribution in [1.82, 2.24) is 4.90 Å². The van der Waals surface area contributed by atoms with Crippen LogP contribution in [0.1, 0.15) is 56.4 Å². The van der Waals surface area contributed by atoms with E-state index >= 15 is 0 Å². The van der Waals surface area contributed by atoms with E-state index in [0.717, 1.165) is 17.8 Å². The number of hydrogen-bond donors (Lipinski definition) is 0. The summed E-state index contributed by atoms with van der Waals surface area (Å²) in [7, 11) is 4.10.